The first-order chi connectivity index (χ1) is 14.0. The average molecular weight is 431 g/mol. The molecule has 29 heavy (non-hydrogen) atoms. The van der Waals surface area contributed by atoms with E-state index in [4.69, 9.17) is 22.3 Å². The zero-order valence-corrected chi connectivity index (χ0v) is 17.5. The molecule has 3 aromatic rings. The van der Waals surface area contributed by atoms with Gasteiger partial charge in [0.1, 0.15) is 5.82 Å². The molecule has 8 heteroatoms. The standard InChI is InChI=1S/C21H23ClN4O2S/c22-17-7-3-6-16-18(24-10-4-9-23)13-20(25-21(16)17)26-11-12-29(27,28)19-8-2-1-5-15(19)14-26/h1-3,5-8,13H,4,9-12,14,23H2,(H,24,25). The number of aromatic nitrogens is 1. The van der Waals surface area contributed by atoms with Crippen LogP contribution in [0, 0.1) is 0 Å². The van der Waals surface area contributed by atoms with Crippen molar-refractivity contribution in [3.63, 3.8) is 0 Å². The van der Waals surface area contributed by atoms with Crippen LogP contribution in [-0.2, 0) is 16.4 Å². The number of halogens is 1. The van der Waals surface area contributed by atoms with E-state index >= 15 is 0 Å². The third-order valence-corrected chi connectivity index (χ3v) is 7.19. The van der Waals surface area contributed by atoms with Crippen LogP contribution in [0.3, 0.4) is 0 Å². The highest BCUT2D eigenvalue weighted by molar-refractivity contribution is 7.91. The Morgan fingerprint density at radius 2 is 2.00 bits per heavy atom. The molecule has 2 aromatic carbocycles. The fourth-order valence-electron chi connectivity index (χ4n) is 3.59. The number of sulfone groups is 1. The van der Waals surface area contributed by atoms with Gasteiger partial charge in [0.05, 0.1) is 21.2 Å². The monoisotopic (exact) mass is 430 g/mol. The number of hydrogen-bond acceptors (Lipinski definition) is 6. The van der Waals surface area contributed by atoms with Crippen molar-refractivity contribution in [1.29, 1.82) is 0 Å². The zero-order valence-electron chi connectivity index (χ0n) is 15.9. The molecule has 0 aliphatic carbocycles. The van der Waals surface area contributed by atoms with Crippen molar-refractivity contribution in [3.05, 3.63) is 59.1 Å². The Morgan fingerprint density at radius 3 is 2.83 bits per heavy atom. The predicted molar refractivity (Wildman–Crippen MR) is 118 cm³/mol. The molecule has 152 valence electrons. The van der Waals surface area contributed by atoms with Gasteiger partial charge in [0.15, 0.2) is 9.84 Å². The van der Waals surface area contributed by atoms with Gasteiger partial charge < -0.3 is 16.0 Å². The first-order valence-electron chi connectivity index (χ1n) is 9.58. The fourth-order valence-corrected chi connectivity index (χ4v) is 5.31. The molecule has 1 aliphatic heterocycles. The molecular weight excluding hydrogens is 408 g/mol. The normalized spacial score (nSPS) is 15.7. The Labute approximate surface area is 175 Å². The summed E-state index contributed by atoms with van der Waals surface area (Å²) in [5.41, 5.74) is 8.02. The first-order valence-corrected chi connectivity index (χ1v) is 11.6. The lowest BCUT2D eigenvalue weighted by Gasteiger charge is -2.23. The van der Waals surface area contributed by atoms with Gasteiger partial charge in [-0.1, -0.05) is 41.9 Å². The number of nitrogens with two attached hydrogens (primary N) is 1. The summed E-state index contributed by atoms with van der Waals surface area (Å²) in [6.45, 7) is 2.17. The van der Waals surface area contributed by atoms with Gasteiger partial charge >= 0.3 is 0 Å². The molecule has 0 atom stereocenters. The molecule has 1 aromatic heterocycles. The number of para-hydroxylation sites is 1. The van der Waals surface area contributed by atoms with E-state index in [2.05, 4.69) is 5.32 Å². The van der Waals surface area contributed by atoms with Gasteiger partial charge in [-0.2, -0.15) is 0 Å². The van der Waals surface area contributed by atoms with E-state index < -0.39 is 9.84 Å². The molecule has 4 rings (SSSR count). The maximum Gasteiger partial charge on any atom is 0.180 e. The summed E-state index contributed by atoms with van der Waals surface area (Å²) < 4.78 is 25.4. The highest BCUT2D eigenvalue weighted by atomic mass is 35.5. The topological polar surface area (TPSA) is 88.3 Å². The third kappa shape index (κ3) is 4.03. The molecule has 3 N–H and O–H groups in total. The van der Waals surface area contributed by atoms with Crippen LogP contribution < -0.4 is 16.0 Å². The maximum atomic E-state index is 12.7. The lowest BCUT2D eigenvalue weighted by molar-refractivity contribution is 0.596. The number of hydrogen-bond donors (Lipinski definition) is 2. The van der Waals surface area contributed by atoms with Crippen LogP contribution in [0.2, 0.25) is 5.02 Å². The number of nitrogens with zero attached hydrogens (tertiary/aromatic N) is 2. The second kappa shape index (κ2) is 8.18. The zero-order chi connectivity index (χ0) is 20.4. The van der Waals surface area contributed by atoms with Gasteiger partial charge in [-0.05, 0) is 30.7 Å². The van der Waals surface area contributed by atoms with Gasteiger partial charge in [-0.25, -0.2) is 13.4 Å². The van der Waals surface area contributed by atoms with Crippen molar-refractivity contribution in [2.75, 3.05) is 35.6 Å². The number of benzene rings is 2. The van der Waals surface area contributed by atoms with E-state index in [1.807, 2.05) is 41.3 Å². The Balaban J connectivity index is 1.78. The molecule has 0 saturated heterocycles. The highest BCUT2D eigenvalue weighted by Crippen LogP contribution is 2.33. The molecule has 0 unspecified atom stereocenters. The lowest BCUT2D eigenvalue weighted by Crippen LogP contribution is -2.26. The van der Waals surface area contributed by atoms with E-state index in [-0.39, 0.29) is 5.75 Å². The minimum atomic E-state index is -3.32. The molecule has 0 saturated carbocycles. The van der Waals surface area contributed by atoms with Crippen LogP contribution in [0.4, 0.5) is 11.5 Å². The Bertz CT molecular complexity index is 1150. The molecule has 2 heterocycles. The molecule has 1 aliphatic rings. The average Bonchev–Trinajstić information content (AvgIpc) is 2.85. The molecule has 0 bridgehead atoms. The summed E-state index contributed by atoms with van der Waals surface area (Å²) >= 11 is 6.44. The lowest BCUT2D eigenvalue weighted by atomic mass is 10.1. The van der Waals surface area contributed by atoms with Crippen molar-refractivity contribution in [2.45, 2.75) is 17.9 Å². The van der Waals surface area contributed by atoms with Crippen molar-refractivity contribution in [1.82, 2.24) is 4.98 Å². The SMILES string of the molecule is NCCCNc1cc(N2CCS(=O)(=O)c3ccccc3C2)nc2c(Cl)cccc12. The molecular formula is C21H23ClN4O2S. The van der Waals surface area contributed by atoms with Crippen molar-refractivity contribution in [3.8, 4) is 0 Å². The van der Waals surface area contributed by atoms with Crippen LogP contribution in [0.15, 0.2) is 53.4 Å². The van der Waals surface area contributed by atoms with E-state index in [9.17, 15) is 8.42 Å². The minimum absolute atomic E-state index is 0.0438. The number of nitrogens with one attached hydrogen (secondary N) is 1. The summed E-state index contributed by atoms with van der Waals surface area (Å²) in [7, 11) is -3.32. The first kappa shape index (κ1) is 19.9. The summed E-state index contributed by atoms with van der Waals surface area (Å²) in [6, 6.07) is 14.8. The van der Waals surface area contributed by atoms with Gasteiger partial charge in [-0.15, -0.1) is 0 Å². The molecule has 0 radical (unpaired) electrons. The van der Waals surface area contributed by atoms with Crippen LogP contribution >= 0.6 is 11.6 Å². The van der Waals surface area contributed by atoms with Crippen LogP contribution in [0.1, 0.15) is 12.0 Å². The molecule has 0 fully saturated rings. The summed E-state index contributed by atoms with van der Waals surface area (Å²) in [4.78, 5) is 7.19. The Morgan fingerprint density at radius 1 is 1.17 bits per heavy atom. The van der Waals surface area contributed by atoms with Gasteiger partial charge in [0, 0.05) is 36.8 Å². The summed E-state index contributed by atoms with van der Waals surface area (Å²) in [5, 5.41) is 4.92. The number of fused-ring (bicyclic) bond motifs is 2. The fraction of sp³-hybridized carbons (Fsp3) is 0.286. The van der Waals surface area contributed by atoms with Gasteiger partial charge in [0.25, 0.3) is 0 Å². The van der Waals surface area contributed by atoms with Crippen molar-refractivity contribution < 1.29 is 8.42 Å². The second-order valence-corrected chi connectivity index (χ2v) is 9.57. The minimum Gasteiger partial charge on any atom is -0.384 e. The van der Waals surface area contributed by atoms with E-state index in [0.717, 1.165) is 29.6 Å². The van der Waals surface area contributed by atoms with Crippen LogP contribution in [0.25, 0.3) is 10.9 Å². The Kier molecular flexibility index (Phi) is 5.63. The smallest absolute Gasteiger partial charge is 0.180 e. The van der Waals surface area contributed by atoms with E-state index in [1.165, 1.54) is 0 Å². The summed E-state index contributed by atoms with van der Waals surface area (Å²) in [6.07, 6.45) is 0.842. The third-order valence-electron chi connectivity index (χ3n) is 5.10. The van der Waals surface area contributed by atoms with Gasteiger partial charge in [0.2, 0.25) is 0 Å². The number of anilines is 2. The molecule has 0 amide bonds. The van der Waals surface area contributed by atoms with Crippen LogP contribution in [-0.4, -0.2) is 38.8 Å². The molecule has 6 nitrogen and oxygen atoms in total. The van der Waals surface area contributed by atoms with Crippen molar-refractivity contribution >= 4 is 43.8 Å². The maximum absolute atomic E-state index is 12.7. The van der Waals surface area contributed by atoms with Crippen molar-refractivity contribution in [2.24, 2.45) is 5.73 Å². The summed E-state index contributed by atoms with van der Waals surface area (Å²) in [5.74, 6) is 0.745. The number of rotatable bonds is 5. The van der Waals surface area contributed by atoms with Gasteiger partial charge in [-0.3, -0.25) is 0 Å². The Hall–Kier alpha value is -2.35. The molecule has 0 spiro atoms. The number of pyridine rings is 1. The van der Waals surface area contributed by atoms with Crippen LogP contribution in [0.5, 0.6) is 0 Å². The second-order valence-electron chi connectivity index (χ2n) is 7.08. The highest BCUT2D eigenvalue weighted by Gasteiger charge is 2.26. The van der Waals surface area contributed by atoms with E-state index in [1.54, 1.807) is 12.1 Å². The predicted octanol–water partition coefficient (Wildman–Crippen LogP) is 3.44. The quantitative estimate of drug-likeness (QED) is 0.603. The largest absolute Gasteiger partial charge is 0.384 e. The van der Waals surface area contributed by atoms with E-state index in [0.29, 0.717) is 40.9 Å².